The molecule has 0 unspecified atom stereocenters. The standard InChI is InChI=1S/C24H38N8O2.2ClH/c1-15(33)23(34)31-12-10-18(11-13-31)27-21-20-22(32(14-26-20)19-4-2-3-5-19)30-24(29-21)28-17-8-6-16(25)7-9-17;;/h14-19,33H,2-13,25H2,1H3,(H2,27,28,29,30);2*1H/t15-,16-,17-;;/m0../s1. The van der Waals surface area contributed by atoms with Gasteiger partial charge in [-0.25, -0.2) is 4.98 Å². The van der Waals surface area contributed by atoms with Crippen LogP contribution in [0.15, 0.2) is 6.33 Å². The molecule has 12 heteroatoms. The van der Waals surface area contributed by atoms with Crippen LogP contribution in [-0.2, 0) is 4.79 Å². The fraction of sp³-hybridized carbons (Fsp3) is 0.750. The normalized spacial score (nSPS) is 24.1. The van der Waals surface area contributed by atoms with Crippen LogP contribution in [0.3, 0.4) is 0 Å². The average Bonchev–Trinajstić information content (AvgIpc) is 3.50. The molecule has 3 fully saturated rings. The van der Waals surface area contributed by atoms with Gasteiger partial charge >= 0.3 is 0 Å². The predicted octanol–water partition coefficient (Wildman–Crippen LogP) is 3.25. The highest BCUT2D eigenvalue weighted by Crippen LogP contribution is 2.34. The van der Waals surface area contributed by atoms with Crippen LogP contribution in [-0.4, -0.2) is 72.8 Å². The average molecular weight is 544 g/mol. The number of fused-ring (bicyclic) bond motifs is 1. The second kappa shape index (κ2) is 12.6. The molecule has 0 spiro atoms. The fourth-order valence-electron chi connectivity index (χ4n) is 5.68. The third-order valence-electron chi connectivity index (χ3n) is 7.75. The number of piperidine rings is 1. The fourth-order valence-corrected chi connectivity index (χ4v) is 5.68. The number of nitrogens with two attached hydrogens (primary N) is 1. The van der Waals surface area contributed by atoms with Gasteiger partial charge in [0.15, 0.2) is 17.0 Å². The lowest BCUT2D eigenvalue weighted by Crippen LogP contribution is -2.45. The molecule has 1 amide bonds. The van der Waals surface area contributed by atoms with E-state index in [4.69, 9.17) is 20.7 Å². The smallest absolute Gasteiger partial charge is 0.251 e. The van der Waals surface area contributed by atoms with Crippen molar-refractivity contribution in [2.75, 3.05) is 23.7 Å². The quantitative estimate of drug-likeness (QED) is 0.436. The Labute approximate surface area is 225 Å². The van der Waals surface area contributed by atoms with E-state index in [9.17, 15) is 9.90 Å². The zero-order chi connectivity index (χ0) is 23.7. The molecule has 3 aliphatic rings. The second-order valence-electron chi connectivity index (χ2n) is 10.3. The third-order valence-corrected chi connectivity index (χ3v) is 7.75. The van der Waals surface area contributed by atoms with Crippen LogP contribution >= 0.6 is 24.8 Å². The lowest BCUT2D eigenvalue weighted by atomic mass is 9.92. The van der Waals surface area contributed by atoms with Crippen LogP contribution in [0.1, 0.15) is 77.2 Å². The van der Waals surface area contributed by atoms with E-state index in [1.807, 2.05) is 6.33 Å². The molecule has 2 aromatic rings. The Kier molecular flexibility index (Phi) is 10.0. The monoisotopic (exact) mass is 542 g/mol. The Hall–Kier alpha value is -1.88. The van der Waals surface area contributed by atoms with Gasteiger partial charge < -0.3 is 30.9 Å². The molecule has 0 radical (unpaired) electrons. The molecule has 36 heavy (non-hydrogen) atoms. The molecule has 5 N–H and O–H groups in total. The number of nitrogens with zero attached hydrogens (tertiary/aromatic N) is 5. The van der Waals surface area contributed by atoms with Crippen LogP contribution in [0.25, 0.3) is 11.2 Å². The number of likely N-dealkylation sites (tertiary alicyclic amines) is 1. The summed E-state index contributed by atoms with van der Waals surface area (Å²) in [6, 6.07) is 1.27. The van der Waals surface area contributed by atoms with E-state index in [0.717, 1.165) is 68.3 Å². The predicted molar refractivity (Wildman–Crippen MR) is 146 cm³/mol. The van der Waals surface area contributed by atoms with Gasteiger partial charge in [-0.15, -0.1) is 24.8 Å². The summed E-state index contributed by atoms with van der Waals surface area (Å²) in [6.07, 6.45) is 11.5. The van der Waals surface area contributed by atoms with Crippen LogP contribution < -0.4 is 16.4 Å². The molecule has 1 atom stereocenters. The van der Waals surface area contributed by atoms with Gasteiger partial charge in [-0.1, -0.05) is 12.8 Å². The maximum Gasteiger partial charge on any atom is 0.251 e. The van der Waals surface area contributed by atoms with E-state index < -0.39 is 6.10 Å². The lowest BCUT2D eigenvalue weighted by Gasteiger charge is -2.33. The van der Waals surface area contributed by atoms with E-state index in [1.165, 1.54) is 19.8 Å². The summed E-state index contributed by atoms with van der Waals surface area (Å²) in [4.78, 5) is 28.4. The van der Waals surface area contributed by atoms with E-state index in [-0.39, 0.29) is 36.8 Å². The van der Waals surface area contributed by atoms with Gasteiger partial charge in [0.2, 0.25) is 5.95 Å². The van der Waals surface area contributed by atoms with Crippen LogP contribution in [0.5, 0.6) is 0 Å². The molecule has 3 heterocycles. The number of carbonyl (C=O) groups is 1. The van der Waals surface area contributed by atoms with Crippen molar-refractivity contribution in [2.45, 2.75) is 101 Å². The molecular formula is C24H40Cl2N8O2. The SMILES string of the molecule is C[C@H](O)C(=O)N1CCC(Nc2nc(N[C@H]3CC[C@H](N)CC3)nc3c2ncn3C2CCCC2)CC1.Cl.Cl. The maximum absolute atomic E-state index is 12.1. The zero-order valence-corrected chi connectivity index (χ0v) is 22.6. The van der Waals surface area contributed by atoms with Crippen LogP contribution in [0.2, 0.25) is 0 Å². The number of aliphatic hydroxyl groups is 1. The van der Waals surface area contributed by atoms with Crippen LogP contribution in [0, 0.1) is 0 Å². The Morgan fingerprint density at radius 3 is 2.28 bits per heavy atom. The molecule has 0 aromatic carbocycles. The van der Waals surface area contributed by atoms with Gasteiger partial charge in [0.1, 0.15) is 6.10 Å². The Bertz CT molecular complexity index is 997. The highest BCUT2D eigenvalue weighted by molar-refractivity contribution is 5.86. The minimum Gasteiger partial charge on any atom is -0.384 e. The molecule has 2 aliphatic carbocycles. The van der Waals surface area contributed by atoms with Gasteiger partial charge in [-0.2, -0.15) is 9.97 Å². The van der Waals surface area contributed by atoms with Crippen molar-refractivity contribution < 1.29 is 9.90 Å². The van der Waals surface area contributed by atoms with Crippen molar-refractivity contribution in [3.05, 3.63) is 6.33 Å². The number of imidazole rings is 1. The van der Waals surface area contributed by atoms with Crippen LogP contribution in [0.4, 0.5) is 11.8 Å². The minimum atomic E-state index is -0.950. The highest BCUT2D eigenvalue weighted by Gasteiger charge is 2.28. The number of carbonyl (C=O) groups excluding carboxylic acids is 1. The first-order valence-corrected chi connectivity index (χ1v) is 13.0. The van der Waals surface area contributed by atoms with Gasteiger partial charge in [-0.05, 0) is 58.3 Å². The number of aromatic nitrogens is 4. The van der Waals surface area contributed by atoms with Crippen molar-refractivity contribution in [2.24, 2.45) is 5.73 Å². The summed E-state index contributed by atoms with van der Waals surface area (Å²) in [5.41, 5.74) is 7.80. The van der Waals surface area contributed by atoms with Crippen molar-refractivity contribution in [1.29, 1.82) is 0 Å². The van der Waals surface area contributed by atoms with E-state index >= 15 is 0 Å². The van der Waals surface area contributed by atoms with E-state index in [0.29, 0.717) is 37.2 Å². The van der Waals surface area contributed by atoms with Gasteiger partial charge in [-0.3, -0.25) is 4.79 Å². The summed E-state index contributed by atoms with van der Waals surface area (Å²) < 4.78 is 2.24. The molecule has 5 rings (SSSR count). The molecule has 2 saturated carbocycles. The topological polar surface area (TPSA) is 134 Å². The molecule has 1 aliphatic heterocycles. The van der Waals surface area contributed by atoms with E-state index in [1.54, 1.807) is 4.90 Å². The Morgan fingerprint density at radius 2 is 1.64 bits per heavy atom. The summed E-state index contributed by atoms with van der Waals surface area (Å²) >= 11 is 0. The second-order valence-corrected chi connectivity index (χ2v) is 10.3. The molecular weight excluding hydrogens is 503 g/mol. The van der Waals surface area contributed by atoms with Crippen molar-refractivity contribution in [3.8, 4) is 0 Å². The number of hydrogen-bond acceptors (Lipinski definition) is 8. The van der Waals surface area contributed by atoms with Crippen molar-refractivity contribution in [1.82, 2.24) is 24.4 Å². The summed E-state index contributed by atoms with van der Waals surface area (Å²) in [5, 5.41) is 16.8. The maximum atomic E-state index is 12.1. The Morgan fingerprint density at radius 1 is 1.00 bits per heavy atom. The zero-order valence-electron chi connectivity index (χ0n) is 20.9. The molecule has 2 aromatic heterocycles. The van der Waals surface area contributed by atoms with Crippen molar-refractivity contribution in [3.63, 3.8) is 0 Å². The molecule has 0 bridgehead atoms. The minimum absolute atomic E-state index is 0. The first-order chi connectivity index (χ1) is 16.5. The largest absolute Gasteiger partial charge is 0.384 e. The first kappa shape index (κ1) is 28.7. The van der Waals surface area contributed by atoms with Crippen molar-refractivity contribution >= 4 is 53.7 Å². The number of nitrogens with one attached hydrogen (secondary N) is 2. The number of amides is 1. The lowest BCUT2D eigenvalue weighted by molar-refractivity contribution is -0.140. The third kappa shape index (κ3) is 6.33. The molecule has 202 valence electrons. The summed E-state index contributed by atoms with van der Waals surface area (Å²) in [5.74, 6) is 1.21. The number of anilines is 2. The van der Waals surface area contributed by atoms with E-state index in [2.05, 4.69) is 15.2 Å². The molecule has 10 nitrogen and oxygen atoms in total. The van der Waals surface area contributed by atoms with Gasteiger partial charge in [0, 0.05) is 37.3 Å². The number of hydrogen-bond donors (Lipinski definition) is 4. The van der Waals surface area contributed by atoms with Gasteiger partial charge in [0.05, 0.1) is 6.33 Å². The number of halogens is 2. The highest BCUT2D eigenvalue weighted by atomic mass is 35.5. The number of rotatable bonds is 6. The summed E-state index contributed by atoms with van der Waals surface area (Å²) in [7, 11) is 0. The number of aliphatic hydroxyl groups excluding tert-OH is 1. The molecule has 1 saturated heterocycles. The Balaban J connectivity index is 0.00000180. The first-order valence-electron chi connectivity index (χ1n) is 13.0. The summed E-state index contributed by atoms with van der Waals surface area (Å²) in [6.45, 7) is 2.78. The van der Waals surface area contributed by atoms with Gasteiger partial charge in [0.25, 0.3) is 5.91 Å².